The van der Waals surface area contributed by atoms with Gasteiger partial charge in [0.15, 0.2) is 0 Å². The van der Waals surface area contributed by atoms with Crippen molar-refractivity contribution in [1.29, 1.82) is 0 Å². The van der Waals surface area contributed by atoms with Gasteiger partial charge in [0.1, 0.15) is 6.61 Å². The van der Waals surface area contributed by atoms with Crippen molar-refractivity contribution in [2.24, 2.45) is 0 Å². The Balaban J connectivity index is 2.40. The van der Waals surface area contributed by atoms with Crippen LogP contribution in [-0.4, -0.2) is 38.1 Å². The van der Waals surface area contributed by atoms with Gasteiger partial charge in [0.2, 0.25) is 5.91 Å². The molecule has 0 radical (unpaired) electrons. The summed E-state index contributed by atoms with van der Waals surface area (Å²) in [6.07, 6.45) is 3.96. The number of amides is 1. The first-order chi connectivity index (χ1) is 7.74. The Kier molecular flexibility index (Phi) is 5.29. The molecule has 0 heterocycles. The Labute approximate surface area is 96.3 Å². The second kappa shape index (κ2) is 6.80. The van der Waals surface area contributed by atoms with Gasteiger partial charge in [-0.3, -0.25) is 4.79 Å². The van der Waals surface area contributed by atoms with Gasteiger partial charge >= 0.3 is 0 Å². The SMILES string of the molecule is COCC(=O)N(C)C/C=C/c1ccccc1. The molecule has 0 bridgehead atoms. The minimum absolute atomic E-state index is 0.0137. The van der Waals surface area contributed by atoms with Crippen molar-refractivity contribution in [2.75, 3.05) is 27.3 Å². The van der Waals surface area contributed by atoms with Crippen LogP contribution >= 0.6 is 0 Å². The van der Waals surface area contributed by atoms with E-state index in [1.54, 1.807) is 11.9 Å². The minimum Gasteiger partial charge on any atom is -0.375 e. The molecule has 1 aromatic carbocycles. The lowest BCUT2D eigenvalue weighted by Gasteiger charge is -2.13. The first-order valence-corrected chi connectivity index (χ1v) is 5.18. The summed E-state index contributed by atoms with van der Waals surface area (Å²) in [7, 11) is 3.28. The lowest BCUT2D eigenvalue weighted by atomic mass is 10.2. The van der Waals surface area contributed by atoms with Crippen LogP contribution in [0.25, 0.3) is 6.08 Å². The zero-order valence-corrected chi connectivity index (χ0v) is 9.72. The quantitative estimate of drug-likeness (QED) is 0.755. The van der Waals surface area contributed by atoms with Crippen molar-refractivity contribution in [3.63, 3.8) is 0 Å². The van der Waals surface area contributed by atoms with Gasteiger partial charge < -0.3 is 9.64 Å². The van der Waals surface area contributed by atoms with Crippen LogP contribution in [0.4, 0.5) is 0 Å². The number of likely N-dealkylation sites (N-methyl/N-ethyl adjacent to an activating group) is 1. The van der Waals surface area contributed by atoms with Crippen LogP contribution < -0.4 is 0 Å². The highest BCUT2D eigenvalue weighted by Gasteiger charge is 2.04. The fourth-order valence-electron chi connectivity index (χ4n) is 1.25. The van der Waals surface area contributed by atoms with Crippen molar-refractivity contribution in [2.45, 2.75) is 0 Å². The van der Waals surface area contributed by atoms with E-state index in [9.17, 15) is 4.79 Å². The van der Waals surface area contributed by atoms with Crippen LogP contribution in [0.1, 0.15) is 5.56 Å². The highest BCUT2D eigenvalue weighted by atomic mass is 16.5. The second-order valence-corrected chi connectivity index (χ2v) is 3.52. The standard InChI is InChI=1S/C13H17NO2/c1-14(13(15)11-16-2)10-6-9-12-7-4-3-5-8-12/h3-9H,10-11H2,1-2H3/b9-6+. The lowest BCUT2D eigenvalue weighted by molar-refractivity contribution is -0.133. The summed E-state index contributed by atoms with van der Waals surface area (Å²) in [5.41, 5.74) is 1.13. The van der Waals surface area contributed by atoms with Gasteiger partial charge in [-0.05, 0) is 5.56 Å². The Morgan fingerprint density at radius 3 is 2.69 bits per heavy atom. The van der Waals surface area contributed by atoms with Gasteiger partial charge in [-0.2, -0.15) is 0 Å². The minimum atomic E-state index is -0.0137. The average Bonchev–Trinajstić information content (AvgIpc) is 2.30. The summed E-state index contributed by atoms with van der Waals surface area (Å²) >= 11 is 0. The fraction of sp³-hybridized carbons (Fsp3) is 0.308. The number of ether oxygens (including phenoxy) is 1. The molecule has 0 spiro atoms. The molecular weight excluding hydrogens is 202 g/mol. The topological polar surface area (TPSA) is 29.5 Å². The number of nitrogens with zero attached hydrogens (tertiary/aromatic N) is 1. The zero-order valence-electron chi connectivity index (χ0n) is 9.72. The van der Waals surface area contributed by atoms with E-state index in [1.165, 1.54) is 7.11 Å². The van der Waals surface area contributed by atoms with Crippen LogP contribution in [-0.2, 0) is 9.53 Å². The van der Waals surface area contributed by atoms with E-state index in [0.717, 1.165) is 5.56 Å². The van der Waals surface area contributed by atoms with E-state index in [-0.39, 0.29) is 12.5 Å². The maximum Gasteiger partial charge on any atom is 0.248 e. The molecule has 1 amide bonds. The van der Waals surface area contributed by atoms with E-state index in [0.29, 0.717) is 6.54 Å². The predicted octanol–water partition coefficient (Wildman–Crippen LogP) is 1.80. The van der Waals surface area contributed by atoms with Crippen LogP contribution in [0.15, 0.2) is 36.4 Å². The predicted molar refractivity (Wildman–Crippen MR) is 65.0 cm³/mol. The molecular formula is C13H17NO2. The molecule has 1 aromatic rings. The van der Waals surface area contributed by atoms with Crippen LogP contribution in [0.5, 0.6) is 0 Å². The molecule has 3 heteroatoms. The van der Waals surface area contributed by atoms with E-state index >= 15 is 0 Å². The highest BCUT2D eigenvalue weighted by molar-refractivity contribution is 5.77. The van der Waals surface area contributed by atoms with Crippen LogP contribution in [0, 0.1) is 0 Å². The number of hydrogen-bond donors (Lipinski definition) is 0. The monoisotopic (exact) mass is 219 g/mol. The number of carbonyl (C=O) groups excluding carboxylic acids is 1. The van der Waals surface area contributed by atoms with E-state index in [4.69, 9.17) is 4.74 Å². The third-order valence-electron chi connectivity index (χ3n) is 2.18. The van der Waals surface area contributed by atoms with Gasteiger partial charge in [0, 0.05) is 20.7 Å². The Bertz CT molecular complexity index is 346. The van der Waals surface area contributed by atoms with Crippen molar-refractivity contribution in [1.82, 2.24) is 4.90 Å². The van der Waals surface area contributed by atoms with Crippen molar-refractivity contribution in [3.05, 3.63) is 42.0 Å². The Morgan fingerprint density at radius 2 is 2.06 bits per heavy atom. The largest absolute Gasteiger partial charge is 0.375 e. The van der Waals surface area contributed by atoms with Gasteiger partial charge in [-0.15, -0.1) is 0 Å². The first-order valence-electron chi connectivity index (χ1n) is 5.18. The summed E-state index contributed by atoms with van der Waals surface area (Å²) in [6.45, 7) is 0.729. The zero-order chi connectivity index (χ0) is 11.8. The number of methoxy groups -OCH3 is 1. The molecule has 0 saturated carbocycles. The molecule has 0 aliphatic carbocycles. The number of rotatable bonds is 5. The molecule has 1 rings (SSSR count). The second-order valence-electron chi connectivity index (χ2n) is 3.52. The highest BCUT2D eigenvalue weighted by Crippen LogP contribution is 2.00. The Morgan fingerprint density at radius 1 is 1.38 bits per heavy atom. The van der Waals surface area contributed by atoms with Crippen molar-refractivity contribution < 1.29 is 9.53 Å². The summed E-state index contributed by atoms with van der Waals surface area (Å²) in [5.74, 6) is -0.0137. The molecule has 0 aromatic heterocycles. The molecule has 0 N–H and O–H groups in total. The molecule has 0 fully saturated rings. The molecule has 0 aliphatic rings. The maximum atomic E-state index is 11.4. The smallest absolute Gasteiger partial charge is 0.248 e. The molecule has 3 nitrogen and oxygen atoms in total. The number of hydrogen-bond acceptors (Lipinski definition) is 2. The molecule has 0 aliphatic heterocycles. The van der Waals surface area contributed by atoms with Gasteiger partial charge in [0.25, 0.3) is 0 Å². The number of carbonyl (C=O) groups is 1. The third-order valence-corrected chi connectivity index (χ3v) is 2.18. The van der Waals surface area contributed by atoms with Crippen LogP contribution in [0.2, 0.25) is 0 Å². The summed E-state index contributed by atoms with van der Waals surface area (Å²) in [6, 6.07) is 9.99. The summed E-state index contributed by atoms with van der Waals surface area (Å²) in [5, 5.41) is 0. The Hall–Kier alpha value is -1.61. The summed E-state index contributed by atoms with van der Waals surface area (Å²) < 4.78 is 4.77. The van der Waals surface area contributed by atoms with Crippen molar-refractivity contribution in [3.8, 4) is 0 Å². The summed E-state index contributed by atoms with van der Waals surface area (Å²) in [4.78, 5) is 13.0. The molecule has 0 saturated heterocycles. The maximum absolute atomic E-state index is 11.4. The van der Waals surface area contributed by atoms with E-state index in [1.807, 2.05) is 42.5 Å². The lowest BCUT2D eigenvalue weighted by Crippen LogP contribution is -2.29. The average molecular weight is 219 g/mol. The number of benzene rings is 1. The van der Waals surface area contributed by atoms with Gasteiger partial charge in [-0.1, -0.05) is 42.5 Å². The van der Waals surface area contributed by atoms with Crippen molar-refractivity contribution >= 4 is 12.0 Å². The molecule has 0 atom stereocenters. The van der Waals surface area contributed by atoms with Crippen LogP contribution in [0.3, 0.4) is 0 Å². The first kappa shape index (κ1) is 12.5. The third kappa shape index (κ3) is 4.28. The van der Waals surface area contributed by atoms with E-state index < -0.39 is 0 Å². The molecule has 16 heavy (non-hydrogen) atoms. The fourth-order valence-corrected chi connectivity index (χ4v) is 1.25. The van der Waals surface area contributed by atoms with Gasteiger partial charge in [-0.25, -0.2) is 0 Å². The molecule has 0 unspecified atom stereocenters. The van der Waals surface area contributed by atoms with E-state index in [2.05, 4.69) is 0 Å². The van der Waals surface area contributed by atoms with Gasteiger partial charge in [0.05, 0.1) is 0 Å². The normalized spacial score (nSPS) is 10.6. The molecule has 86 valence electrons.